The average molecular weight is 442 g/mol. The zero-order chi connectivity index (χ0) is 22.1. The average Bonchev–Trinajstić information content (AvgIpc) is 2.78. The van der Waals surface area contributed by atoms with Crippen molar-refractivity contribution < 1.29 is 23.8 Å². The van der Waals surface area contributed by atoms with Crippen molar-refractivity contribution in [1.82, 2.24) is 0 Å². The van der Waals surface area contributed by atoms with E-state index in [0.717, 1.165) is 11.3 Å². The number of nitrogens with zero attached hydrogens (tertiary/aromatic N) is 1. The SMILES string of the molecule is COc1cc(OC)c(C2CC(=O)N(c3ccc(Cl)cc3)C3=C2C(=O)CCC3)cc1OC. The first-order valence-electron chi connectivity index (χ1n) is 10.1. The molecule has 4 rings (SSSR count). The Morgan fingerprint density at radius 1 is 0.903 bits per heavy atom. The summed E-state index contributed by atoms with van der Waals surface area (Å²) in [4.78, 5) is 28.1. The summed E-state index contributed by atoms with van der Waals surface area (Å²) in [6.07, 6.45) is 1.99. The Labute approximate surface area is 186 Å². The van der Waals surface area contributed by atoms with Crippen LogP contribution in [0.1, 0.15) is 37.2 Å². The minimum atomic E-state index is -0.409. The number of carbonyl (C=O) groups excluding carboxylic acids is 2. The van der Waals surface area contributed by atoms with Gasteiger partial charge in [0.25, 0.3) is 0 Å². The molecule has 1 unspecified atom stereocenters. The van der Waals surface area contributed by atoms with Gasteiger partial charge in [0.05, 0.1) is 21.3 Å². The molecule has 0 bridgehead atoms. The summed E-state index contributed by atoms with van der Waals surface area (Å²) in [7, 11) is 4.67. The van der Waals surface area contributed by atoms with Crippen molar-refractivity contribution in [1.29, 1.82) is 0 Å². The van der Waals surface area contributed by atoms with Crippen molar-refractivity contribution in [2.45, 2.75) is 31.6 Å². The van der Waals surface area contributed by atoms with E-state index >= 15 is 0 Å². The van der Waals surface area contributed by atoms with Crippen LogP contribution in [0.5, 0.6) is 17.2 Å². The molecule has 2 aliphatic rings. The molecule has 7 heteroatoms. The normalized spacial score (nSPS) is 18.7. The Hall–Kier alpha value is -2.99. The zero-order valence-electron chi connectivity index (χ0n) is 17.7. The van der Waals surface area contributed by atoms with Crippen molar-refractivity contribution in [2.75, 3.05) is 26.2 Å². The lowest BCUT2D eigenvalue weighted by molar-refractivity contribution is -0.119. The van der Waals surface area contributed by atoms with Crippen molar-refractivity contribution in [3.8, 4) is 17.2 Å². The maximum Gasteiger partial charge on any atom is 0.232 e. The van der Waals surface area contributed by atoms with Gasteiger partial charge in [-0.25, -0.2) is 0 Å². The molecule has 162 valence electrons. The second kappa shape index (κ2) is 8.63. The number of hydrogen-bond acceptors (Lipinski definition) is 5. The van der Waals surface area contributed by atoms with E-state index in [4.69, 9.17) is 25.8 Å². The van der Waals surface area contributed by atoms with Gasteiger partial charge in [-0.1, -0.05) is 11.6 Å². The Bertz CT molecular complexity index is 1060. The monoisotopic (exact) mass is 441 g/mol. The van der Waals surface area contributed by atoms with Gasteiger partial charge in [-0.2, -0.15) is 0 Å². The van der Waals surface area contributed by atoms with E-state index in [9.17, 15) is 9.59 Å². The number of amides is 1. The molecular weight excluding hydrogens is 418 g/mol. The molecule has 0 aromatic heterocycles. The first-order valence-corrected chi connectivity index (χ1v) is 10.5. The molecule has 0 fully saturated rings. The van der Waals surface area contributed by atoms with E-state index in [1.54, 1.807) is 62.6 Å². The highest BCUT2D eigenvalue weighted by molar-refractivity contribution is 6.30. The van der Waals surface area contributed by atoms with Crippen LogP contribution in [0, 0.1) is 0 Å². The lowest BCUT2D eigenvalue weighted by atomic mass is 9.76. The lowest BCUT2D eigenvalue weighted by Crippen LogP contribution is -2.40. The largest absolute Gasteiger partial charge is 0.496 e. The van der Waals surface area contributed by atoms with Gasteiger partial charge in [-0.05, 0) is 43.2 Å². The molecule has 0 saturated carbocycles. The topological polar surface area (TPSA) is 65.1 Å². The highest BCUT2D eigenvalue weighted by Crippen LogP contribution is 2.48. The predicted molar refractivity (Wildman–Crippen MR) is 118 cm³/mol. The molecule has 0 radical (unpaired) electrons. The van der Waals surface area contributed by atoms with Gasteiger partial charge in [-0.15, -0.1) is 0 Å². The number of rotatable bonds is 5. The smallest absolute Gasteiger partial charge is 0.232 e. The van der Waals surface area contributed by atoms with Gasteiger partial charge in [0.2, 0.25) is 5.91 Å². The minimum absolute atomic E-state index is 0.0644. The van der Waals surface area contributed by atoms with Crippen LogP contribution in [0.2, 0.25) is 5.02 Å². The Balaban J connectivity index is 1.89. The summed E-state index contributed by atoms with van der Waals surface area (Å²) >= 11 is 6.03. The molecule has 2 aromatic carbocycles. The quantitative estimate of drug-likeness (QED) is 0.660. The summed E-state index contributed by atoms with van der Waals surface area (Å²) in [5, 5.41) is 0.593. The fraction of sp³-hybridized carbons (Fsp3) is 0.333. The number of hydrogen-bond donors (Lipinski definition) is 0. The van der Waals surface area contributed by atoms with Crippen LogP contribution < -0.4 is 19.1 Å². The number of ketones is 1. The first kappa shape index (κ1) is 21.2. The molecule has 31 heavy (non-hydrogen) atoms. The van der Waals surface area contributed by atoms with Crippen LogP contribution >= 0.6 is 11.6 Å². The summed E-state index contributed by atoms with van der Waals surface area (Å²) in [5.74, 6) is 1.19. The third-order valence-electron chi connectivity index (χ3n) is 5.87. The summed E-state index contributed by atoms with van der Waals surface area (Å²) in [6, 6.07) is 10.7. The van der Waals surface area contributed by atoms with Crippen molar-refractivity contribution in [2.24, 2.45) is 0 Å². The number of Topliss-reactive ketones (excluding diaryl/α,β-unsaturated/α-hetero) is 1. The van der Waals surface area contributed by atoms with Crippen molar-refractivity contribution in [3.05, 3.63) is 58.3 Å². The van der Waals surface area contributed by atoms with Crippen LogP contribution in [-0.4, -0.2) is 33.0 Å². The molecule has 1 aliphatic carbocycles. The molecule has 1 atom stereocenters. The Morgan fingerprint density at radius 2 is 1.55 bits per heavy atom. The molecule has 0 saturated heterocycles. The van der Waals surface area contributed by atoms with E-state index in [1.807, 2.05) is 0 Å². The van der Waals surface area contributed by atoms with Crippen LogP contribution in [0.4, 0.5) is 5.69 Å². The number of halogens is 1. The van der Waals surface area contributed by atoms with E-state index in [0.29, 0.717) is 52.8 Å². The highest BCUT2D eigenvalue weighted by atomic mass is 35.5. The van der Waals surface area contributed by atoms with Gasteiger partial charge < -0.3 is 14.2 Å². The molecule has 0 N–H and O–H groups in total. The van der Waals surface area contributed by atoms with Gasteiger partial charge in [0.15, 0.2) is 17.3 Å². The van der Waals surface area contributed by atoms with Crippen molar-refractivity contribution >= 4 is 29.0 Å². The summed E-state index contributed by atoms with van der Waals surface area (Å²) in [5.41, 5.74) is 2.89. The van der Waals surface area contributed by atoms with E-state index in [2.05, 4.69) is 0 Å². The minimum Gasteiger partial charge on any atom is -0.496 e. The van der Waals surface area contributed by atoms with Gasteiger partial charge >= 0.3 is 0 Å². The maximum absolute atomic E-state index is 13.4. The zero-order valence-corrected chi connectivity index (χ0v) is 18.5. The molecule has 1 heterocycles. The third-order valence-corrected chi connectivity index (χ3v) is 6.12. The van der Waals surface area contributed by atoms with E-state index in [1.165, 1.54) is 0 Å². The van der Waals surface area contributed by atoms with Gasteiger partial charge in [-0.3, -0.25) is 14.5 Å². The van der Waals surface area contributed by atoms with Crippen LogP contribution in [0.25, 0.3) is 0 Å². The standard InChI is InChI=1S/C24H24ClNO5/c1-29-20-13-22(31-3)21(30-2)11-16(20)17-12-23(28)26(15-9-7-14(25)8-10-15)18-5-4-6-19(27)24(17)18/h7-11,13,17H,4-6,12H2,1-3H3. The molecule has 1 amide bonds. The summed E-state index contributed by atoms with van der Waals surface area (Å²) in [6.45, 7) is 0. The second-order valence-corrected chi connectivity index (χ2v) is 7.98. The van der Waals surface area contributed by atoms with E-state index in [-0.39, 0.29) is 18.1 Å². The predicted octanol–water partition coefficient (Wildman–Crippen LogP) is 4.89. The highest BCUT2D eigenvalue weighted by Gasteiger charge is 2.41. The molecular formula is C24H24ClNO5. The number of carbonyl (C=O) groups is 2. The van der Waals surface area contributed by atoms with Crippen LogP contribution in [0.3, 0.4) is 0 Å². The number of ether oxygens (including phenoxy) is 3. The summed E-state index contributed by atoms with van der Waals surface area (Å²) < 4.78 is 16.5. The fourth-order valence-corrected chi connectivity index (χ4v) is 4.60. The van der Waals surface area contributed by atoms with Gasteiger partial charge in [0, 0.05) is 52.4 Å². The second-order valence-electron chi connectivity index (χ2n) is 7.55. The number of methoxy groups -OCH3 is 3. The number of anilines is 1. The first-order chi connectivity index (χ1) is 15.0. The Kier molecular flexibility index (Phi) is 5.92. The van der Waals surface area contributed by atoms with Crippen LogP contribution in [0.15, 0.2) is 47.7 Å². The number of allylic oxidation sites excluding steroid dienone is 2. The van der Waals surface area contributed by atoms with E-state index < -0.39 is 5.92 Å². The van der Waals surface area contributed by atoms with Gasteiger partial charge in [0.1, 0.15) is 5.75 Å². The third kappa shape index (κ3) is 3.76. The van der Waals surface area contributed by atoms with Crippen molar-refractivity contribution in [3.63, 3.8) is 0 Å². The Morgan fingerprint density at radius 3 is 2.19 bits per heavy atom. The molecule has 1 aliphatic heterocycles. The molecule has 6 nitrogen and oxygen atoms in total. The van der Waals surface area contributed by atoms with Crippen LogP contribution in [-0.2, 0) is 9.59 Å². The molecule has 2 aromatic rings. The number of benzene rings is 2. The maximum atomic E-state index is 13.4. The molecule has 0 spiro atoms. The lowest BCUT2D eigenvalue weighted by Gasteiger charge is -2.38. The fourth-order valence-electron chi connectivity index (χ4n) is 4.47.